The van der Waals surface area contributed by atoms with E-state index in [0.29, 0.717) is 5.41 Å². The summed E-state index contributed by atoms with van der Waals surface area (Å²) < 4.78 is 2.67. The lowest BCUT2D eigenvalue weighted by Gasteiger charge is -2.38. The summed E-state index contributed by atoms with van der Waals surface area (Å²) in [6.45, 7) is 10.1. The fourth-order valence-electron chi connectivity index (χ4n) is 4.11. The van der Waals surface area contributed by atoms with E-state index in [-0.39, 0.29) is 24.0 Å². The van der Waals surface area contributed by atoms with Crippen molar-refractivity contribution >= 4 is 5.71 Å². The van der Waals surface area contributed by atoms with E-state index in [2.05, 4.69) is 29.4 Å². The first-order valence-electron chi connectivity index (χ1n) is 8.70. The monoisotopic (exact) mass is 402 g/mol. The van der Waals surface area contributed by atoms with Crippen LogP contribution in [0.5, 0.6) is 0 Å². The molecule has 3 aliphatic rings. The van der Waals surface area contributed by atoms with Crippen LogP contribution in [0.1, 0.15) is 65.2 Å². The Hall–Kier alpha value is -0.0600. The second kappa shape index (κ2) is 7.47. The first-order chi connectivity index (χ1) is 9.64. The van der Waals surface area contributed by atoms with Crippen LogP contribution in [-0.4, -0.2) is 41.4 Å². The third-order valence-corrected chi connectivity index (χ3v) is 5.18. The van der Waals surface area contributed by atoms with E-state index in [9.17, 15) is 0 Å². The van der Waals surface area contributed by atoms with Crippen molar-refractivity contribution in [3.05, 3.63) is 11.8 Å². The topological polar surface area (TPSA) is 6.25 Å². The molecule has 0 aromatic carbocycles. The average Bonchev–Trinajstić information content (AvgIpc) is 2.47. The molecule has 0 aromatic heterocycles. The summed E-state index contributed by atoms with van der Waals surface area (Å²) in [4.78, 5) is 2.67. The van der Waals surface area contributed by atoms with Gasteiger partial charge in [-0.3, -0.25) is 0 Å². The molecule has 2 fully saturated rings. The highest BCUT2D eigenvalue weighted by atomic mass is 127. The molecule has 0 atom stereocenters. The normalized spacial score (nSPS) is 26.2. The Kier molecular flexibility index (Phi) is 6.15. The SMILES string of the molecule is CC1(C)CC(N2CCCCC2)=CC(=[N+]2CCCCC2)C1.[I-]. The lowest BCUT2D eigenvalue weighted by molar-refractivity contribution is -0.538. The van der Waals surface area contributed by atoms with Gasteiger partial charge in [0.1, 0.15) is 13.1 Å². The second-order valence-corrected chi connectivity index (χ2v) is 7.74. The van der Waals surface area contributed by atoms with Gasteiger partial charge in [-0.15, -0.1) is 0 Å². The maximum absolute atomic E-state index is 2.67. The van der Waals surface area contributed by atoms with Crippen LogP contribution in [0, 0.1) is 5.41 Å². The van der Waals surface area contributed by atoms with Gasteiger partial charge < -0.3 is 28.9 Å². The van der Waals surface area contributed by atoms with Gasteiger partial charge in [-0.25, -0.2) is 4.58 Å². The molecule has 1 aliphatic carbocycles. The Morgan fingerprint density at radius 2 is 1.52 bits per heavy atom. The van der Waals surface area contributed by atoms with Crippen LogP contribution in [0.2, 0.25) is 0 Å². The smallest absolute Gasteiger partial charge is 0.178 e. The van der Waals surface area contributed by atoms with E-state index in [4.69, 9.17) is 0 Å². The highest BCUT2D eigenvalue weighted by Crippen LogP contribution is 2.36. The van der Waals surface area contributed by atoms with Crippen LogP contribution in [0.4, 0.5) is 0 Å². The minimum absolute atomic E-state index is 0. The molecular weight excluding hydrogens is 371 g/mol. The predicted octanol–water partition coefficient (Wildman–Crippen LogP) is 0.818. The molecule has 21 heavy (non-hydrogen) atoms. The maximum Gasteiger partial charge on any atom is 0.178 e. The zero-order valence-electron chi connectivity index (χ0n) is 13.8. The molecule has 3 rings (SSSR count). The average molecular weight is 402 g/mol. The lowest BCUT2D eigenvalue weighted by Crippen LogP contribution is -3.00. The van der Waals surface area contributed by atoms with Crippen molar-refractivity contribution in [2.24, 2.45) is 5.41 Å². The van der Waals surface area contributed by atoms with Crippen molar-refractivity contribution in [1.29, 1.82) is 0 Å². The number of hydrogen-bond acceptors (Lipinski definition) is 1. The van der Waals surface area contributed by atoms with E-state index >= 15 is 0 Å². The van der Waals surface area contributed by atoms with Gasteiger partial charge in [0.15, 0.2) is 5.71 Å². The number of piperidine rings is 2. The zero-order valence-corrected chi connectivity index (χ0v) is 16.0. The van der Waals surface area contributed by atoms with Crippen molar-refractivity contribution in [3.63, 3.8) is 0 Å². The predicted molar refractivity (Wildman–Crippen MR) is 85.4 cm³/mol. The minimum Gasteiger partial charge on any atom is -1.00 e. The van der Waals surface area contributed by atoms with Gasteiger partial charge >= 0.3 is 0 Å². The molecular formula is C18H31IN2. The molecule has 0 spiro atoms. The number of halogens is 1. The number of rotatable bonds is 1. The molecule has 2 saturated heterocycles. The van der Waals surface area contributed by atoms with Gasteiger partial charge in [-0.05, 0) is 37.5 Å². The third kappa shape index (κ3) is 4.46. The summed E-state index contributed by atoms with van der Waals surface area (Å²) >= 11 is 0. The largest absolute Gasteiger partial charge is 1.00 e. The fourth-order valence-corrected chi connectivity index (χ4v) is 4.11. The van der Waals surface area contributed by atoms with E-state index in [1.165, 1.54) is 77.5 Å². The van der Waals surface area contributed by atoms with Crippen molar-refractivity contribution in [2.45, 2.75) is 65.2 Å². The van der Waals surface area contributed by atoms with E-state index in [1.54, 1.807) is 11.4 Å². The van der Waals surface area contributed by atoms with Gasteiger partial charge in [0.2, 0.25) is 0 Å². The summed E-state index contributed by atoms with van der Waals surface area (Å²) in [7, 11) is 0. The third-order valence-electron chi connectivity index (χ3n) is 5.18. The first kappa shape index (κ1) is 17.3. The Labute approximate surface area is 147 Å². The molecule has 0 bridgehead atoms. The Morgan fingerprint density at radius 3 is 2.19 bits per heavy atom. The molecule has 0 unspecified atom stereocenters. The van der Waals surface area contributed by atoms with Crippen LogP contribution >= 0.6 is 0 Å². The molecule has 2 aliphatic heterocycles. The Morgan fingerprint density at radius 1 is 0.905 bits per heavy atom. The zero-order chi connectivity index (χ0) is 14.0. The van der Waals surface area contributed by atoms with Gasteiger partial charge in [0.05, 0.1) is 0 Å². The summed E-state index contributed by atoms with van der Waals surface area (Å²) in [5.74, 6) is 0. The molecule has 120 valence electrons. The first-order valence-corrected chi connectivity index (χ1v) is 8.70. The van der Waals surface area contributed by atoms with Crippen LogP contribution in [0.25, 0.3) is 0 Å². The van der Waals surface area contributed by atoms with Gasteiger partial charge in [-0.2, -0.15) is 0 Å². The molecule has 0 radical (unpaired) electrons. The standard InChI is InChI=1S/C18H31N2.HI/c1-18(2)14-16(19-9-5-3-6-10-19)13-17(15-18)20-11-7-4-8-12-20;/h13H,3-12,14-15H2,1-2H3;1H/q+1;/p-1. The Balaban J connectivity index is 0.00000161. The number of allylic oxidation sites excluding steroid dienone is 2. The van der Waals surface area contributed by atoms with Crippen LogP contribution in [0.15, 0.2) is 11.8 Å². The highest BCUT2D eigenvalue weighted by Gasteiger charge is 2.33. The molecule has 0 aromatic rings. The summed E-state index contributed by atoms with van der Waals surface area (Å²) in [5.41, 5.74) is 3.69. The van der Waals surface area contributed by atoms with Crippen LogP contribution in [-0.2, 0) is 0 Å². The fraction of sp³-hybridized carbons (Fsp3) is 0.833. The molecule has 0 saturated carbocycles. The van der Waals surface area contributed by atoms with Crippen molar-refractivity contribution in [3.8, 4) is 0 Å². The van der Waals surface area contributed by atoms with Crippen molar-refractivity contribution < 1.29 is 28.6 Å². The number of nitrogens with zero attached hydrogens (tertiary/aromatic N) is 2. The second-order valence-electron chi connectivity index (χ2n) is 7.74. The number of hydrogen-bond donors (Lipinski definition) is 0. The summed E-state index contributed by atoms with van der Waals surface area (Å²) in [6, 6.07) is 0. The van der Waals surface area contributed by atoms with Gasteiger partial charge in [-0.1, -0.05) is 13.8 Å². The molecule has 2 heterocycles. The van der Waals surface area contributed by atoms with Crippen molar-refractivity contribution in [2.75, 3.05) is 26.2 Å². The quantitative estimate of drug-likeness (QED) is 0.465. The summed E-state index contributed by atoms with van der Waals surface area (Å²) in [6.07, 6.45) is 13.5. The van der Waals surface area contributed by atoms with E-state index in [0.717, 1.165) is 0 Å². The molecule has 3 heteroatoms. The highest BCUT2D eigenvalue weighted by molar-refractivity contribution is 5.92. The van der Waals surface area contributed by atoms with Crippen LogP contribution in [0.3, 0.4) is 0 Å². The van der Waals surface area contributed by atoms with E-state index in [1.807, 2.05) is 0 Å². The summed E-state index contributed by atoms with van der Waals surface area (Å²) in [5, 5.41) is 0. The maximum atomic E-state index is 2.67. The van der Waals surface area contributed by atoms with Gasteiger partial charge in [0.25, 0.3) is 0 Å². The number of likely N-dealkylation sites (tertiary alicyclic amines) is 1. The minimum atomic E-state index is 0. The molecule has 0 amide bonds. The van der Waals surface area contributed by atoms with Crippen molar-refractivity contribution in [1.82, 2.24) is 4.90 Å². The van der Waals surface area contributed by atoms with Crippen LogP contribution < -0.4 is 24.0 Å². The molecule has 0 N–H and O–H groups in total. The Bertz CT molecular complexity index is 409. The van der Waals surface area contributed by atoms with Gasteiger partial charge in [0, 0.05) is 44.1 Å². The van der Waals surface area contributed by atoms with E-state index < -0.39 is 0 Å². The molecule has 2 nitrogen and oxygen atoms in total. The lowest BCUT2D eigenvalue weighted by atomic mass is 9.77.